The summed E-state index contributed by atoms with van der Waals surface area (Å²) in [4.78, 5) is 0. The largest absolute Gasteiger partial charge is 0.493 e. The number of rotatable bonds is 4. The number of nitriles is 2. The first-order valence-electron chi connectivity index (χ1n) is 4.61. The lowest BCUT2D eigenvalue weighted by molar-refractivity contribution is 0.355. The normalized spacial score (nSPS) is 8.47. The predicted molar refractivity (Wildman–Crippen MR) is 61.8 cm³/mol. The number of nitrogens with zero attached hydrogens (tertiary/aromatic N) is 3. The number of hydrazone groups is 1. The van der Waals surface area contributed by atoms with Gasteiger partial charge in [-0.25, -0.2) is 0 Å². The molecule has 1 rings (SSSR count). The molecule has 0 heterocycles. The van der Waals surface area contributed by atoms with Crippen LogP contribution in [-0.2, 0) is 0 Å². The zero-order valence-corrected chi connectivity index (χ0v) is 9.39. The van der Waals surface area contributed by atoms with E-state index in [4.69, 9.17) is 20.0 Å². The van der Waals surface area contributed by atoms with Crippen molar-refractivity contribution in [3.05, 3.63) is 18.2 Å². The Labute approximate surface area is 98.7 Å². The molecule has 0 saturated heterocycles. The number of nitrogens with one attached hydrogen (secondary N) is 1. The highest BCUT2D eigenvalue weighted by Crippen LogP contribution is 2.29. The lowest BCUT2D eigenvalue weighted by Gasteiger charge is -2.08. The quantitative estimate of drug-likeness (QED) is 0.625. The van der Waals surface area contributed by atoms with Crippen molar-refractivity contribution in [2.45, 2.75) is 0 Å². The molecule has 1 aromatic rings. The van der Waals surface area contributed by atoms with E-state index in [9.17, 15) is 0 Å². The van der Waals surface area contributed by atoms with E-state index in [1.165, 1.54) is 14.2 Å². The molecule has 0 atom stereocenters. The summed E-state index contributed by atoms with van der Waals surface area (Å²) in [6.45, 7) is 0. The molecule has 1 aromatic carbocycles. The molecule has 0 aliphatic rings. The third-order valence-electron chi connectivity index (χ3n) is 1.89. The number of methoxy groups -OCH3 is 2. The zero-order chi connectivity index (χ0) is 12.7. The molecule has 6 heteroatoms. The summed E-state index contributed by atoms with van der Waals surface area (Å²) < 4.78 is 10.2. The molecule has 0 fully saturated rings. The van der Waals surface area contributed by atoms with Gasteiger partial charge in [0.25, 0.3) is 0 Å². The van der Waals surface area contributed by atoms with Crippen LogP contribution in [0.2, 0.25) is 0 Å². The topological polar surface area (TPSA) is 90.4 Å². The van der Waals surface area contributed by atoms with Crippen molar-refractivity contribution >= 4 is 11.4 Å². The molecule has 0 bridgehead atoms. The van der Waals surface area contributed by atoms with Gasteiger partial charge < -0.3 is 9.47 Å². The van der Waals surface area contributed by atoms with E-state index >= 15 is 0 Å². The van der Waals surface area contributed by atoms with E-state index in [0.29, 0.717) is 17.2 Å². The van der Waals surface area contributed by atoms with Crippen LogP contribution in [0, 0.1) is 22.7 Å². The summed E-state index contributed by atoms with van der Waals surface area (Å²) in [7, 11) is 3.05. The minimum Gasteiger partial charge on any atom is -0.493 e. The van der Waals surface area contributed by atoms with Gasteiger partial charge in [0.15, 0.2) is 11.5 Å². The maximum absolute atomic E-state index is 8.50. The molecule has 86 valence electrons. The van der Waals surface area contributed by atoms with E-state index < -0.39 is 0 Å². The summed E-state index contributed by atoms with van der Waals surface area (Å²) >= 11 is 0. The highest BCUT2D eigenvalue weighted by molar-refractivity contribution is 6.10. The number of hydrogen-bond acceptors (Lipinski definition) is 6. The Morgan fingerprint density at radius 2 is 1.82 bits per heavy atom. The van der Waals surface area contributed by atoms with Crippen LogP contribution in [0.5, 0.6) is 11.5 Å². The molecular weight excluding hydrogens is 220 g/mol. The predicted octanol–water partition coefficient (Wildman–Crippen LogP) is 1.52. The molecular formula is C11H10N4O2. The number of benzene rings is 1. The highest BCUT2D eigenvalue weighted by atomic mass is 16.5. The van der Waals surface area contributed by atoms with Gasteiger partial charge in [0.05, 0.1) is 19.9 Å². The van der Waals surface area contributed by atoms with Crippen LogP contribution in [0.25, 0.3) is 0 Å². The van der Waals surface area contributed by atoms with Crippen molar-refractivity contribution in [2.75, 3.05) is 19.6 Å². The van der Waals surface area contributed by atoms with Crippen LogP contribution in [0.15, 0.2) is 23.3 Å². The van der Waals surface area contributed by atoms with Crippen molar-refractivity contribution in [3.8, 4) is 23.6 Å². The van der Waals surface area contributed by atoms with Gasteiger partial charge in [-0.15, -0.1) is 0 Å². The Kier molecular flexibility index (Phi) is 4.34. The maximum atomic E-state index is 8.50. The van der Waals surface area contributed by atoms with E-state index in [-0.39, 0.29) is 5.71 Å². The van der Waals surface area contributed by atoms with Crippen LogP contribution in [-0.4, -0.2) is 19.9 Å². The number of anilines is 1. The molecule has 0 unspecified atom stereocenters. The zero-order valence-electron chi connectivity index (χ0n) is 9.39. The Balaban J connectivity index is 2.92. The van der Waals surface area contributed by atoms with Crippen molar-refractivity contribution in [2.24, 2.45) is 5.10 Å². The molecule has 0 radical (unpaired) electrons. The first-order chi connectivity index (χ1) is 8.24. The first-order valence-corrected chi connectivity index (χ1v) is 4.61. The van der Waals surface area contributed by atoms with Crippen LogP contribution in [0.3, 0.4) is 0 Å². The smallest absolute Gasteiger partial charge is 0.237 e. The first kappa shape index (κ1) is 12.3. The Hall–Kier alpha value is -2.73. The van der Waals surface area contributed by atoms with Gasteiger partial charge in [-0.3, -0.25) is 5.43 Å². The Morgan fingerprint density at radius 3 is 2.35 bits per heavy atom. The molecule has 0 amide bonds. The van der Waals surface area contributed by atoms with Crippen molar-refractivity contribution in [1.29, 1.82) is 10.5 Å². The van der Waals surface area contributed by atoms with Gasteiger partial charge in [0, 0.05) is 6.07 Å². The lowest BCUT2D eigenvalue weighted by atomic mass is 10.3. The minimum atomic E-state index is -0.250. The third kappa shape index (κ3) is 3.11. The minimum absolute atomic E-state index is 0.250. The summed E-state index contributed by atoms with van der Waals surface area (Å²) in [5, 5.41) is 20.6. The van der Waals surface area contributed by atoms with Crippen molar-refractivity contribution in [1.82, 2.24) is 0 Å². The molecule has 6 nitrogen and oxygen atoms in total. The van der Waals surface area contributed by atoms with Crippen molar-refractivity contribution in [3.63, 3.8) is 0 Å². The molecule has 17 heavy (non-hydrogen) atoms. The fourth-order valence-corrected chi connectivity index (χ4v) is 1.10. The third-order valence-corrected chi connectivity index (χ3v) is 1.89. The molecule has 0 spiro atoms. The molecule has 0 saturated carbocycles. The van der Waals surface area contributed by atoms with Gasteiger partial charge >= 0.3 is 0 Å². The van der Waals surface area contributed by atoms with Crippen LogP contribution < -0.4 is 14.9 Å². The second-order valence-electron chi connectivity index (χ2n) is 2.87. The molecule has 0 aliphatic carbocycles. The Bertz CT molecular complexity index is 495. The lowest BCUT2D eigenvalue weighted by Crippen LogP contribution is -1.97. The maximum Gasteiger partial charge on any atom is 0.237 e. The van der Waals surface area contributed by atoms with Crippen LogP contribution in [0.1, 0.15) is 0 Å². The van der Waals surface area contributed by atoms with Gasteiger partial charge in [-0.2, -0.15) is 15.6 Å². The molecule has 1 N–H and O–H groups in total. The van der Waals surface area contributed by atoms with E-state index in [0.717, 1.165) is 0 Å². The average molecular weight is 230 g/mol. The molecule has 0 aliphatic heterocycles. The van der Waals surface area contributed by atoms with Gasteiger partial charge in [-0.05, 0) is 12.1 Å². The van der Waals surface area contributed by atoms with E-state index in [1.54, 1.807) is 30.3 Å². The standard InChI is InChI=1S/C11H10N4O2/c1-16-10-4-3-8(5-11(10)17-2)14-15-9(6-12)7-13/h3-5,14H,1-2H3. The summed E-state index contributed by atoms with van der Waals surface area (Å²) in [6.07, 6.45) is 0. The van der Waals surface area contributed by atoms with E-state index in [2.05, 4.69) is 10.5 Å². The van der Waals surface area contributed by atoms with Crippen LogP contribution in [0.4, 0.5) is 5.69 Å². The second kappa shape index (κ2) is 5.99. The number of hydrogen-bond donors (Lipinski definition) is 1. The SMILES string of the molecule is COc1ccc(NN=C(C#N)C#N)cc1OC. The fourth-order valence-electron chi connectivity index (χ4n) is 1.10. The monoisotopic (exact) mass is 230 g/mol. The van der Waals surface area contributed by atoms with Crippen LogP contribution >= 0.6 is 0 Å². The summed E-state index contributed by atoms with van der Waals surface area (Å²) in [6, 6.07) is 8.32. The highest BCUT2D eigenvalue weighted by Gasteiger charge is 2.04. The number of ether oxygens (including phenoxy) is 2. The molecule has 0 aromatic heterocycles. The second-order valence-corrected chi connectivity index (χ2v) is 2.87. The fraction of sp³-hybridized carbons (Fsp3) is 0.182. The Morgan fingerprint density at radius 1 is 1.18 bits per heavy atom. The van der Waals surface area contributed by atoms with E-state index in [1.807, 2.05) is 0 Å². The van der Waals surface area contributed by atoms with Crippen molar-refractivity contribution < 1.29 is 9.47 Å². The van der Waals surface area contributed by atoms with Gasteiger partial charge in [0.2, 0.25) is 5.71 Å². The average Bonchev–Trinajstić information content (AvgIpc) is 2.39. The summed E-state index contributed by atoms with van der Waals surface area (Å²) in [5.74, 6) is 1.12. The summed E-state index contributed by atoms with van der Waals surface area (Å²) in [5.41, 5.74) is 2.92. The van der Waals surface area contributed by atoms with Gasteiger partial charge in [0.1, 0.15) is 12.1 Å². The van der Waals surface area contributed by atoms with Gasteiger partial charge in [-0.1, -0.05) is 0 Å².